The molecule has 1 N–H and O–H groups in total. The lowest BCUT2D eigenvalue weighted by Gasteiger charge is -2.12. The summed E-state index contributed by atoms with van der Waals surface area (Å²) in [5, 5.41) is 13.1. The van der Waals surface area contributed by atoms with Crippen molar-refractivity contribution in [2.45, 2.75) is 20.3 Å². The molecule has 0 bridgehead atoms. The number of ether oxygens (including phenoxy) is 1. The maximum Gasteiger partial charge on any atom is 0.340 e. The summed E-state index contributed by atoms with van der Waals surface area (Å²) >= 11 is 0. The van der Waals surface area contributed by atoms with Crippen LogP contribution < -0.4 is 20.8 Å². The van der Waals surface area contributed by atoms with Crippen molar-refractivity contribution in [3.05, 3.63) is 39.2 Å². The van der Waals surface area contributed by atoms with Gasteiger partial charge in [0.1, 0.15) is 11.3 Å². The summed E-state index contributed by atoms with van der Waals surface area (Å²) in [5.41, 5.74) is 1.35. The number of carboxylic acid groups (broad SMARTS) is 1. The Kier molecular flexibility index (Phi) is 4.68. The molecule has 0 aliphatic heterocycles. The van der Waals surface area contributed by atoms with Crippen molar-refractivity contribution in [3.8, 4) is 5.75 Å². The molecule has 0 saturated carbocycles. The van der Waals surface area contributed by atoms with Crippen LogP contribution in [0.3, 0.4) is 0 Å². The van der Waals surface area contributed by atoms with Crippen LogP contribution in [0.15, 0.2) is 21.3 Å². The van der Waals surface area contributed by atoms with Crippen LogP contribution in [0.25, 0.3) is 11.0 Å². The SMILES string of the molecule is COc1cc(C)cc2oc(=O)c(CC(=O)NCC(=O)[O-])c(C)c12. The van der Waals surface area contributed by atoms with Crippen LogP contribution in [0.1, 0.15) is 16.7 Å². The molecule has 0 radical (unpaired) electrons. The Morgan fingerprint density at radius 2 is 2.00 bits per heavy atom. The number of aliphatic carboxylic acids is 1. The zero-order chi connectivity index (χ0) is 17.1. The van der Waals surface area contributed by atoms with Crippen molar-refractivity contribution < 1.29 is 23.8 Å². The van der Waals surface area contributed by atoms with Crippen LogP contribution in [0.5, 0.6) is 5.75 Å². The van der Waals surface area contributed by atoms with E-state index in [1.54, 1.807) is 19.1 Å². The zero-order valence-corrected chi connectivity index (χ0v) is 13.0. The van der Waals surface area contributed by atoms with Gasteiger partial charge < -0.3 is 24.4 Å². The second kappa shape index (κ2) is 6.51. The minimum atomic E-state index is -1.40. The van der Waals surface area contributed by atoms with Crippen LogP contribution in [-0.4, -0.2) is 25.5 Å². The van der Waals surface area contributed by atoms with E-state index in [0.29, 0.717) is 22.3 Å². The molecule has 122 valence electrons. The summed E-state index contributed by atoms with van der Waals surface area (Å²) in [4.78, 5) is 34.2. The normalized spacial score (nSPS) is 10.6. The molecule has 0 aliphatic rings. The first-order valence-corrected chi connectivity index (χ1v) is 6.91. The van der Waals surface area contributed by atoms with Crippen molar-refractivity contribution in [2.24, 2.45) is 0 Å². The zero-order valence-electron chi connectivity index (χ0n) is 13.0. The van der Waals surface area contributed by atoms with Crippen molar-refractivity contribution in [2.75, 3.05) is 13.7 Å². The average molecular weight is 318 g/mol. The van der Waals surface area contributed by atoms with E-state index in [0.717, 1.165) is 5.56 Å². The second-order valence-electron chi connectivity index (χ2n) is 5.16. The summed E-state index contributed by atoms with van der Waals surface area (Å²) in [7, 11) is 1.50. The van der Waals surface area contributed by atoms with Crippen LogP contribution >= 0.6 is 0 Å². The van der Waals surface area contributed by atoms with Crippen LogP contribution in [0.2, 0.25) is 0 Å². The summed E-state index contributed by atoms with van der Waals surface area (Å²) in [5.74, 6) is -1.47. The summed E-state index contributed by atoms with van der Waals surface area (Å²) in [6.07, 6.45) is -0.283. The van der Waals surface area contributed by atoms with Crippen LogP contribution in [-0.2, 0) is 16.0 Å². The number of fused-ring (bicyclic) bond motifs is 1. The number of rotatable bonds is 5. The first-order valence-electron chi connectivity index (χ1n) is 6.91. The number of carbonyl (C=O) groups is 2. The van der Waals surface area contributed by atoms with Gasteiger partial charge in [0.15, 0.2) is 0 Å². The standard InChI is InChI=1S/C16H17NO6/c1-8-4-11(22-3)15-9(2)10(16(21)23-12(15)5-8)6-13(18)17-7-14(19)20/h4-5H,6-7H2,1-3H3,(H,17,18)(H,19,20)/p-1. The number of hydrogen-bond donors (Lipinski definition) is 1. The molecule has 0 unspecified atom stereocenters. The van der Waals surface area contributed by atoms with Gasteiger partial charge in [0.05, 0.1) is 37.0 Å². The van der Waals surface area contributed by atoms with Crippen LogP contribution in [0, 0.1) is 13.8 Å². The molecule has 1 amide bonds. The van der Waals surface area contributed by atoms with Gasteiger partial charge in [0, 0.05) is 0 Å². The Balaban J connectivity index is 2.49. The molecule has 0 spiro atoms. The second-order valence-corrected chi connectivity index (χ2v) is 5.16. The molecule has 0 saturated heterocycles. The predicted molar refractivity (Wildman–Crippen MR) is 80.2 cm³/mol. The molecule has 1 aromatic heterocycles. The van der Waals surface area contributed by atoms with Gasteiger partial charge in [-0.15, -0.1) is 0 Å². The third kappa shape index (κ3) is 3.50. The summed E-state index contributed by atoms with van der Waals surface area (Å²) in [6, 6.07) is 3.52. The van der Waals surface area contributed by atoms with Gasteiger partial charge in [-0.3, -0.25) is 4.79 Å². The molecule has 0 atom stereocenters. The number of amides is 1. The maximum absolute atomic E-state index is 12.1. The highest BCUT2D eigenvalue weighted by Gasteiger charge is 2.17. The quantitative estimate of drug-likeness (QED) is 0.767. The lowest BCUT2D eigenvalue weighted by atomic mass is 10.0. The number of methoxy groups -OCH3 is 1. The Morgan fingerprint density at radius 3 is 2.61 bits per heavy atom. The van der Waals surface area contributed by atoms with Crippen molar-refractivity contribution in [3.63, 3.8) is 0 Å². The minimum absolute atomic E-state index is 0.163. The van der Waals surface area contributed by atoms with Crippen molar-refractivity contribution >= 4 is 22.8 Å². The van der Waals surface area contributed by atoms with E-state index >= 15 is 0 Å². The maximum atomic E-state index is 12.1. The Morgan fingerprint density at radius 1 is 1.30 bits per heavy atom. The summed E-state index contributed by atoms with van der Waals surface area (Å²) in [6.45, 7) is 2.93. The monoisotopic (exact) mass is 318 g/mol. The van der Waals surface area contributed by atoms with E-state index in [2.05, 4.69) is 5.32 Å². The van der Waals surface area contributed by atoms with E-state index in [4.69, 9.17) is 9.15 Å². The molecule has 7 heteroatoms. The first-order chi connectivity index (χ1) is 10.8. The van der Waals surface area contributed by atoms with Gasteiger partial charge >= 0.3 is 5.63 Å². The number of hydrogen-bond acceptors (Lipinski definition) is 6. The van der Waals surface area contributed by atoms with Gasteiger partial charge in [-0.05, 0) is 37.1 Å². The van der Waals surface area contributed by atoms with Gasteiger partial charge in [0.2, 0.25) is 5.91 Å². The van der Waals surface area contributed by atoms with Crippen LogP contribution in [0.4, 0.5) is 0 Å². The fourth-order valence-corrected chi connectivity index (χ4v) is 2.40. The van der Waals surface area contributed by atoms with Gasteiger partial charge in [-0.2, -0.15) is 0 Å². The molecular weight excluding hydrogens is 302 g/mol. The number of nitrogens with one attached hydrogen (secondary N) is 1. The molecule has 23 heavy (non-hydrogen) atoms. The van der Waals surface area contributed by atoms with E-state index in [-0.39, 0.29) is 12.0 Å². The molecule has 1 aromatic carbocycles. The highest BCUT2D eigenvalue weighted by Crippen LogP contribution is 2.30. The molecule has 0 fully saturated rings. The molecule has 7 nitrogen and oxygen atoms in total. The molecule has 0 aliphatic carbocycles. The van der Waals surface area contributed by atoms with Crippen molar-refractivity contribution in [1.29, 1.82) is 0 Å². The minimum Gasteiger partial charge on any atom is -0.548 e. The number of carbonyl (C=O) groups excluding carboxylic acids is 2. The number of aryl methyl sites for hydroxylation is 2. The predicted octanol–water partition coefficient (Wildman–Crippen LogP) is -0.173. The topological polar surface area (TPSA) is 109 Å². The van der Waals surface area contributed by atoms with E-state index in [1.165, 1.54) is 7.11 Å². The smallest absolute Gasteiger partial charge is 0.340 e. The molecule has 2 aromatic rings. The lowest BCUT2D eigenvalue weighted by Crippen LogP contribution is -2.38. The highest BCUT2D eigenvalue weighted by molar-refractivity contribution is 5.90. The Hall–Kier alpha value is -2.83. The van der Waals surface area contributed by atoms with E-state index in [9.17, 15) is 19.5 Å². The fraction of sp³-hybridized carbons (Fsp3) is 0.312. The number of carboxylic acids is 1. The lowest BCUT2D eigenvalue weighted by molar-refractivity contribution is -0.304. The average Bonchev–Trinajstić information content (AvgIpc) is 2.48. The van der Waals surface area contributed by atoms with Gasteiger partial charge in [-0.1, -0.05) is 0 Å². The molecule has 1 heterocycles. The van der Waals surface area contributed by atoms with Crippen molar-refractivity contribution in [1.82, 2.24) is 5.32 Å². The van der Waals surface area contributed by atoms with E-state index < -0.39 is 24.0 Å². The Labute approximate surface area is 131 Å². The first kappa shape index (κ1) is 16.5. The third-order valence-corrected chi connectivity index (χ3v) is 3.47. The molecular formula is C16H16NO6-. The van der Waals surface area contributed by atoms with Gasteiger partial charge in [0.25, 0.3) is 0 Å². The highest BCUT2D eigenvalue weighted by atomic mass is 16.5. The largest absolute Gasteiger partial charge is 0.548 e. The van der Waals surface area contributed by atoms with Gasteiger partial charge in [-0.25, -0.2) is 4.79 Å². The Bertz CT molecular complexity index is 837. The molecule has 2 rings (SSSR count). The van der Waals surface area contributed by atoms with E-state index in [1.807, 2.05) is 6.92 Å². The fourth-order valence-electron chi connectivity index (χ4n) is 2.40. The third-order valence-electron chi connectivity index (χ3n) is 3.47. The number of benzene rings is 1. The summed E-state index contributed by atoms with van der Waals surface area (Å²) < 4.78 is 10.6.